The van der Waals surface area contributed by atoms with Crippen molar-refractivity contribution in [1.29, 1.82) is 0 Å². The topological polar surface area (TPSA) is 106 Å². The molecule has 1 amide bonds. The minimum Gasteiger partial charge on any atom is -0.495 e. The second kappa shape index (κ2) is 11.9. The molecule has 0 radical (unpaired) electrons. The Hall–Kier alpha value is -4.21. The summed E-state index contributed by atoms with van der Waals surface area (Å²) in [6.45, 7) is 3.00. The first kappa shape index (κ1) is 28.8. The van der Waals surface area contributed by atoms with Gasteiger partial charge in [0.25, 0.3) is 11.5 Å². The summed E-state index contributed by atoms with van der Waals surface area (Å²) in [6.07, 6.45) is 1.43. The molecule has 1 heterocycles. The molecule has 1 aromatic heterocycles. The molecular weight excluding hydrogens is 600 g/mol. The smallest absolute Gasteiger partial charge is 0.335 e. The fourth-order valence-corrected chi connectivity index (χ4v) is 4.96. The van der Waals surface area contributed by atoms with Gasteiger partial charge in [0.05, 0.1) is 24.6 Å². The summed E-state index contributed by atoms with van der Waals surface area (Å²) in [5.74, 6) is -1.49. The molecule has 8 nitrogen and oxygen atoms in total. The van der Waals surface area contributed by atoms with E-state index in [0.29, 0.717) is 37.6 Å². The third kappa shape index (κ3) is 5.71. The number of carboxylic acids is 1. The molecule has 1 atom stereocenters. The molecular formula is C30H24BrClN2O6. The van der Waals surface area contributed by atoms with Gasteiger partial charge in [0.2, 0.25) is 0 Å². The van der Waals surface area contributed by atoms with Crippen molar-refractivity contribution in [3.63, 3.8) is 0 Å². The summed E-state index contributed by atoms with van der Waals surface area (Å²) < 4.78 is 7.45. The van der Waals surface area contributed by atoms with Crippen molar-refractivity contribution in [2.75, 3.05) is 12.0 Å². The standard InChI is InChI=1S/C30H24BrClN2O6/c1-17(29(37)34(26-7-5-4-6-25(26)31)21-11-8-19(9-12-21)30(38)39)33-16-27(40-3)24(15-28(33)36)23-14-20(32)10-13-22(23)18(2)35/h4-17H,1-3H3,(H,38,39). The highest BCUT2D eigenvalue weighted by molar-refractivity contribution is 9.10. The number of pyridine rings is 1. The first-order valence-corrected chi connectivity index (χ1v) is 13.2. The lowest BCUT2D eigenvalue weighted by Crippen LogP contribution is -2.37. The molecule has 0 saturated heterocycles. The van der Waals surface area contributed by atoms with Crippen LogP contribution in [0.4, 0.5) is 11.4 Å². The second-order valence-electron chi connectivity index (χ2n) is 8.90. The van der Waals surface area contributed by atoms with Crippen molar-refractivity contribution in [2.24, 2.45) is 0 Å². The van der Waals surface area contributed by atoms with Gasteiger partial charge in [0, 0.05) is 32.4 Å². The van der Waals surface area contributed by atoms with E-state index in [4.69, 9.17) is 16.3 Å². The maximum Gasteiger partial charge on any atom is 0.335 e. The van der Waals surface area contributed by atoms with Gasteiger partial charge in [-0.3, -0.25) is 23.9 Å². The highest BCUT2D eigenvalue weighted by atomic mass is 79.9. The monoisotopic (exact) mass is 622 g/mol. The predicted molar refractivity (Wildman–Crippen MR) is 157 cm³/mol. The minimum atomic E-state index is -1.09. The van der Waals surface area contributed by atoms with Gasteiger partial charge in [-0.1, -0.05) is 23.7 Å². The molecule has 0 spiro atoms. The van der Waals surface area contributed by atoms with E-state index in [9.17, 15) is 24.3 Å². The fraction of sp³-hybridized carbons (Fsp3) is 0.133. The van der Waals surface area contributed by atoms with Crippen LogP contribution in [0.2, 0.25) is 5.02 Å². The van der Waals surface area contributed by atoms with Crippen LogP contribution in [0.3, 0.4) is 0 Å². The Bertz CT molecular complexity index is 1680. The van der Waals surface area contributed by atoms with Crippen molar-refractivity contribution in [3.8, 4) is 16.9 Å². The number of ketones is 1. The van der Waals surface area contributed by atoms with Crippen LogP contribution in [0.15, 0.2) is 88.3 Å². The fourth-order valence-electron chi connectivity index (χ4n) is 4.33. The van der Waals surface area contributed by atoms with Crippen LogP contribution in [0.25, 0.3) is 11.1 Å². The van der Waals surface area contributed by atoms with Crippen LogP contribution in [0, 0.1) is 0 Å². The molecule has 0 saturated carbocycles. The van der Waals surface area contributed by atoms with Crippen LogP contribution in [0.5, 0.6) is 5.75 Å². The van der Waals surface area contributed by atoms with Crippen molar-refractivity contribution >= 4 is 56.6 Å². The van der Waals surface area contributed by atoms with Crippen LogP contribution in [-0.2, 0) is 4.79 Å². The molecule has 4 aromatic rings. The Balaban J connectivity index is 1.83. The highest BCUT2D eigenvalue weighted by Crippen LogP contribution is 2.36. The zero-order valence-corrected chi connectivity index (χ0v) is 24.1. The Morgan fingerprint density at radius 1 is 1.00 bits per heavy atom. The predicted octanol–water partition coefficient (Wildman–Crippen LogP) is 6.77. The molecule has 0 bridgehead atoms. The quantitative estimate of drug-likeness (QED) is 0.217. The summed E-state index contributed by atoms with van der Waals surface area (Å²) >= 11 is 9.69. The zero-order chi connectivity index (χ0) is 29.1. The minimum absolute atomic E-state index is 0.0683. The first-order chi connectivity index (χ1) is 19.0. The van der Waals surface area contributed by atoms with E-state index < -0.39 is 23.5 Å². The van der Waals surface area contributed by atoms with Gasteiger partial charge in [0.1, 0.15) is 11.8 Å². The van der Waals surface area contributed by atoms with Gasteiger partial charge < -0.3 is 9.84 Å². The Morgan fingerprint density at radius 3 is 2.27 bits per heavy atom. The second-order valence-corrected chi connectivity index (χ2v) is 10.2. The van der Waals surface area contributed by atoms with Crippen LogP contribution >= 0.6 is 27.5 Å². The maximum absolute atomic E-state index is 14.0. The van der Waals surface area contributed by atoms with Gasteiger partial charge in [0.15, 0.2) is 5.78 Å². The van der Waals surface area contributed by atoms with Crippen molar-refractivity contribution in [3.05, 3.63) is 110 Å². The van der Waals surface area contributed by atoms with Crippen LogP contribution in [0.1, 0.15) is 40.6 Å². The molecule has 1 unspecified atom stereocenters. The summed E-state index contributed by atoms with van der Waals surface area (Å²) in [5, 5.41) is 9.69. The average molecular weight is 624 g/mol. The number of amides is 1. The summed E-state index contributed by atoms with van der Waals surface area (Å²) in [5.41, 5.74) is 1.66. The number of hydrogen-bond acceptors (Lipinski definition) is 5. The normalized spacial score (nSPS) is 11.5. The number of nitrogens with zero attached hydrogens (tertiary/aromatic N) is 2. The number of aromatic carboxylic acids is 1. The number of benzene rings is 3. The lowest BCUT2D eigenvalue weighted by atomic mass is 9.97. The Morgan fingerprint density at radius 2 is 1.68 bits per heavy atom. The van der Waals surface area contributed by atoms with E-state index in [1.165, 1.54) is 60.0 Å². The third-order valence-corrected chi connectivity index (χ3v) is 7.28. The average Bonchev–Trinajstić information content (AvgIpc) is 2.93. The van der Waals surface area contributed by atoms with E-state index in [1.807, 2.05) is 0 Å². The number of carbonyl (C=O) groups excluding carboxylic acids is 2. The first-order valence-electron chi connectivity index (χ1n) is 12.1. The maximum atomic E-state index is 14.0. The molecule has 40 heavy (non-hydrogen) atoms. The van der Waals surface area contributed by atoms with E-state index in [1.54, 1.807) is 49.4 Å². The van der Waals surface area contributed by atoms with Gasteiger partial charge in [-0.15, -0.1) is 0 Å². The number of carbonyl (C=O) groups is 3. The van der Waals surface area contributed by atoms with Crippen molar-refractivity contribution in [2.45, 2.75) is 19.9 Å². The number of rotatable bonds is 8. The Labute approximate surface area is 243 Å². The van der Waals surface area contributed by atoms with Crippen molar-refractivity contribution < 1.29 is 24.2 Å². The summed E-state index contributed by atoms with van der Waals surface area (Å²) in [4.78, 5) is 52.5. The molecule has 1 N–H and O–H groups in total. The molecule has 0 fully saturated rings. The number of methoxy groups -OCH3 is 1. The molecule has 10 heteroatoms. The third-order valence-electron chi connectivity index (χ3n) is 6.38. The number of Topliss-reactive ketones (excluding diaryl/α,β-unsaturated/α-hetero) is 1. The summed E-state index contributed by atoms with van der Waals surface area (Å²) in [6, 6.07) is 18.0. The molecule has 4 rings (SSSR count). The number of hydrogen-bond donors (Lipinski definition) is 1. The number of ether oxygens (including phenoxy) is 1. The van der Waals surface area contributed by atoms with Gasteiger partial charge in [-0.05, 0) is 89.9 Å². The molecule has 0 aliphatic rings. The number of carboxylic acid groups (broad SMARTS) is 1. The zero-order valence-electron chi connectivity index (χ0n) is 21.7. The van der Waals surface area contributed by atoms with Gasteiger partial charge in [-0.25, -0.2) is 4.79 Å². The van der Waals surface area contributed by atoms with E-state index in [2.05, 4.69) is 15.9 Å². The van der Waals surface area contributed by atoms with Crippen LogP contribution in [-0.4, -0.2) is 34.4 Å². The number of aromatic nitrogens is 1. The molecule has 0 aliphatic carbocycles. The van der Waals surface area contributed by atoms with Crippen molar-refractivity contribution in [1.82, 2.24) is 4.57 Å². The largest absolute Gasteiger partial charge is 0.495 e. The van der Waals surface area contributed by atoms with E-state index >= 15 is 0 Å². The lowest BCUT2D eigenvalue weighted by molar-refractivity contribution is -0.120. The van der Waals surface area contributed by atoms with Gasteiger partial charge >= 0.3 is 5.97 Å². The SMILES string of the molecule is COc1cn(C(C)C(=O)N(c2ccc(C(=O)O)cc2)c2ccccc2Br)c(=O)cc1-c1cc(Cl)ccc1C(C)=O. The van der Waals surface area contributed by atoms with Crippen LogP contribution < -0.4 is 15.2 Å². The highest BCUT2D eigenvalue weighted by Gasteiger charge is 2.28. The number of halogens is 2. The van der Waals surface area contributed by atoms with E-state index in [-0.39, 0.29) is 17.1 Å². The lowest BCUT2D eigenvalue weighted by Gasteiger charge is -2.28. The summed E-state index contributed by atoms with van der Waals surface area (Å²) in [7, 11) is 1.43. The Kier molecular flexibility index (Phi) is 8.56. The molecule has 204 valence electrons. The molecule has 0 aliphatic heterocycles. The van der Waals surface area contributed by atoms with E-state index in [0.717, 1.165) is 0 Å². The molecule has 3 aromatic carbocycles. The van der Waals surface area contributed by atoms with Gasteiger partial charge in [-0.2, -0.15) is 0 Å². The number of para-hydroxylation sites is 1. The number of anilines is 2.